The van der Waals surface area contributed by atoms with Gasteiger partial charge in [-0.15, -0.1) is 0 Å². The molecule has 0 spiro atoms. The highest BCUT2D eigenvalue weighted by Crippen LogP contribution is 2.12. The number of aliphatic hydroxyl groups excluding tert-OH is 1. The van der Waals surface area contributed by atoms with Crippen LogP contribution in [0.25, 0.3) is 0 Å². The van der Waals surface area contributed by atoms with E-state index in [9.17, 15) is 9.90 Å². The van der Waals surface area contributed by atoms with E-state index in [0.29, 0.717) is 18.5 Å². The number of hydrogen-bond acceptors (Lipinski definition) is 4. The molecule has 1 saturated heterocycles. The number of aliphatic imine (C=N–C) groups is 1. The van der Waals surface area contributed by atoms with Gasteiger partial charge in [-0.2, -0.15) is 0 Å². The number of aliphatic hydroxyl groups is 1. The van der Waals surface area contributed by atoms with Crippen molar-refractivity contribution in [3.8, 4) is 0 Å². The summed E-state index contributed by atoms with van der Waals surface area (Å²) in [5.41, 5.74) is 0. The van der Waals surface area contributed by atoms with Crippen LogP contribution in [0.5, 0.6) is 0 Å². The first-order chi connectivity index (χ1) is 12.1. The molecule has 1 aliphatic rings. The SMILES string of the molecule is CCCC(CCO)CN=C(NCC)NC1CCN(CC(=O)NC)CC1. The number of nitrogens with one attached hydrogen (secondary N) is 3. The first-order valence-corrected chi connectivity index (χ1v) is 9.71. The highest BCUT2D eigenvalue weighted by molar-refractivity contribution is 5.80. The Labute approximate surface area is 152 Å². The van der Waals surface area contributed by atoms with Crippen LogP contribution in [0.15, 0.2) is 4.99 Å². The van der Waals surface area contributed by atoms with Gasteiger partial charge in [-0.3, -0.25) is 14.7 Å². The summed E-state index contributed by atoms with van der Waals surface area (Å²) in [6, 6.07) is 0.390. The van der Waals surface area contributed by atoms with Crippen LogP contribution in [-0.2, 0) is 4.79 Å². The van der Waals surface area contributed by atoms with E-state index in [0.717, 1.165) is 64.2 Å². The molecule has 7 nitrogen and oxygen atoms in total. The molecule has 0 aromatic carbocycles. The fourth-order valence-electron chi connectivity index (χ4n) is 3.17. The topological polar surface area (TPSA) is 89.0 Å². The summed E-state index contributed by atoms with van der Waals surface area (Å²) < 4.78 is 0. The molecule has 1 fully saturated rings. The van der Waals surface area contributed by atoms with Crippen molar-refractivity contribution in [2.24, 2.45) is 10.9 Å². The maximum atomic E-state index is 11.5. The predicted molar refractivity (Wildman–Crippen MR) is 103 cm³/mol. The van der Waals surface area contributed by atoms with Gasteiger partial charge in [-0.05, 0) is 38.5 Å². The molecule has 0 radical (unpaired) electrons. The maximum Gasteiger partial charge on any atom is 0.233 e. The molecule has 0 aliphatic carbocycles. The van der Waals surface area contributed by atoms with Crippen LogP contribution in [0.1, 0.15) is 46.0 Å². The normalized spacial score (nSPS) is 18.0. The van der Waals surface area contributed by atoms with Gasteiger partial charge >= 0.3 is 0 Å². The van der Waals surface area contributed by atoms with Crippen molar-refractivity contribution < 1.29 is 9.90 Å². The van der Waals surface area contributed by atoms with Gasteiger partial charge in [-0.1, -0.05) is 13.3 Å². The molecule has 146 valence electrons. The molecule has 25 heavy (non-hydrogen) atoms. The number of guanidine groups is 1. The number of likely N-dealkylation sites (tertiary alicyclic amines) is 1. The van der Waals surface area contributed by atoms with Crippen LogP contribution < -0.4 is 16.0 Å². The van der Waals surface area contributed by atoms with E-state index in [1.165, 1.54) is 0 Å². The quantitative estimate of drug-likeness (QED) is 0.339. The van der Waals surface area contributed by atoms with E-state index in [2.05, 4.69) is 34.7 Å². The molecule has 7 heteroatoms. The summed E-state index contributed by atoms with van der Waals surface area (Å²) in [5.74, 6) is 1.39. The minimum absolute atomic E-state index is 0.0761. The molecule has 1 amide bonds. The molecule has 0 saturated carbocycles. The lowest BCUT2D eigenvalue weighted by Crippen LogP contribution is -2.50. The molecule has 1 rings (SSSR count). The van der Waals surface area contributed by atoms with Crippen molar-refractivity contribution in [3.05, 3.63) is 0 Å². The second kappa shape index (κ2) is 12.9. The zero-order valence-corrected chi connectivity index (χ0v) is 16.2. The molecule has 1 aliphatic heterocycles. The summed E-state index contributed by atoms with van der Waals surface area (Å²) in [5, 5.41) is 18.7. The molecule has 1 heterocycles. The zero-order chi connectivity index (χ0) is 18.5. The van der Waals surface area contributed by atoms with Gasteiger partial charge in [0.2, 0.25) is 5.91 Å². The van der Waals surface area contributed by atoms with Gasteiger partial charge < -0.3 is 21.1 Å². The number of carbonyl (C=O) groups excluding carboxylic acids is 1. The standard InChI is InChI=1S/C18H37N5O2/c1-4-6-15(9-12-24)13-21-18(20-5-2)22-16-7-10-23(11-8-16)14-17(25)19-3/h15-16,24H,4-14H2,1-3H3,(H,19,25)(H2,20,21,22). The number of hydrogen-bond donors (Lipinski definition) is 4. The summed E-state index contributed by atoms with van der Waals surface area (Å²) in [6.07, 6.45) is 5.05. The Kier molecular flexibility index (Phi) is 11.2. The molecule has 1 atom stereocenters. The van der Waals surface area contributed by atoms with Gasteiger partial charge in [0.25, 0.3) is 0 Å². The van der Waals surface area contributed by atoms with Crippen molar-refractivity contribution in [2.75, 3.05) is 46.4 Å². The van der Waals surface area contributed by atoms with Gasteiger partial charge in [0.1, 0.15) is 0 Å². The minimum atomic E-state index is 0.0761. The van der Waals surface area contributed by atoms with Crippen LogP contribution in [-0.4, -0.2) is 74.3 Å². The van der Waals surface area contributed by atoms with Gasteiger partial charge in [0.05, 0.1) is 6.54 Å². The highest BCUT2D eigenvalue weighted by Gasteiger charge is 2.21. The smallest absolute Gasteiger partial charge is 0.233 e. The Morgan fingerprint density at radius 2 is 2.00 bits per heavy atom. The number of carbonyl (C=O) groups is 1. The van der Waals surface area contributed by atoms with Crippen molar-refractivity contribution in [1.82, 2.24) is 20.9 Å². The molecule has 0 aromatic rings. The Morgan fingerprint density at radius 3 is 2.56 bits per heavy atom. The Bertz CT molecular complexity index is 389. The molecule has 0 bridgehead atoms. The second-order valence-electron chi connectivity index (χ2n) is 6.75. The fourth-order valence-corrected chi connectivity index (χ4v) is 3.17. The van der Waals surface area contributed by atoms with Crippen LogP contribution in [0.4, 0.5) is 0 Å². The molecular formula is C18H37N5O2. The highest BCUT2D eigenvalue weighted by atomic mass is 16.3. The second-order valence-corrected chi connectivity index (χ2v) is 6.75. The third-order valence-electron chi connectivity index (χ3n) is 4.66. The Morgan fingerprint density at radius 1 is 1.28 bits per heavy atom. The minimum Gasteiger partial charge on any atom is -0.396 e. The molecular weight excluding hydrogens is 318 g/mol. The van der Waals surface area contributed by atoms with Crippen LogP contribution in [0.2, 0.25) is 0 Å². The van der Waals surface area contributed by atoms with Gasteiger partial charge in [0.15, 0.2) is 5.96 Å². The number of piperidine rings is 1. The molecule has 0 aromatic heterocycles. The molecule has 1 unspecified atom stereocenters. The largest absolute Gasteiger partial charge is 0.396 e. The van der Waals surface area contributed by atoms with Crippen molar-refractivity contribution >= 4 is 11.9 Å². The van der Waals surface area contributed by atoms with Crippen molar-refractivity contribution in [1.29, 1.82) is 0 Å². The summed E-state index contributed by atoms with van der Waals surface area (Å²) in [4.78, 5) is 18.4. The Balaban J connectivity index is 2.46. The fraction of sp³-hybridized carbons (Fsp3) is 0.889. The number of likely N-dealkylation sites (N-methyl/N-ethyl adjacent to an activating group) is 1. The summed E-state index contributed by atoms with van der Waals surface area (Å²) in [6.45, 7) is 8.38. The monoisotopic (exact) mass is 355 g/mol. The maximum absolute atomic E-state index is 11.5. The van der Waals surface area contributed by atoms with Crippen LogP contribution >= 0.6 is 0 Å². The van der Waals surface area contributed by atoms with Gasteiger partial charge in [-0.25, -0.2) is 0 Å². The van der Waals surface area contributed by atoms with E-state index in [1.807, 2.05) is 0 Å². The van der Waals surface area contributed by atoms with Crippen LogP contribution in [0, 0.1) is 5.92 Å². The molecule has 4 N–H and O–H groups in total. The first-order valence-electron chi connectivity index (χ1n) is 9.71. The summed E-state index contributed by atoms with van der Waals surface area (Å²) in [7, 11) is 1.68. The lowest BCUT2D eigenvalue weighted by molar-refractivity contribution is -0.122. The number of nitrogens with zero attached hydrogens (tertiary/aromatic N) is 2. The van der Waals surface area contributed by atoms with E-state index in [-0.39, 0.29) is 12.5 Å². The van der Waals surface area contributed by atoms with E-state index >= 15 is 0 Å². The average Bonchev–Trinajstić information content (AvgIpc) is 2.61. The lowest BCUT2D eigenvalue weighted by Gasteiger charge is -2.32. The van der Waals surface area contributed by atoms with Crippen LogP contribution in [0.3, 0.4) is 0 Å². The lowest BCUT2D eigenvalue weighted by atomic mass is 10.0. The third kappa shape index (κ3) is 9.07. The first kappa shape index (κ1) is 21.7. The summed E-state index contributed by atoms with van der Waals surface area (Å²) >= 11 is 0. The van der Waals surface area contributed by atoms with Crippen molar-refractivity contribution in [2.45, 2.75) is 52.0 Å². The number of amides is 1. The van der Waals surface area contributed by atoms with E-state index < -0.39 is 0 Å². The van der Waals surface area contributed by atoms with E-state index in [1.54, 1.807) is 7.05 Å². The van der Waals surface area contributed by atoms with Gasteiger partial charge in [0, 0.05) is 45.9 Å². The van der Waals surface area contributed by atoms with E-state index in [4.69, 9.17) is 4.99 Å². The predicted octanol–water partition coefficient (Wildman–Crippen LogP) is 0.551. The Hall–Kier alpha value is -1.34. The number of rotatable bonds is 10. The van der Waals surface area contributed by atoms with Crippen molar-refractivity contribution in [3.63, 3.8) is 0 Å². The zero-order valence-electron chi connectivity index (χ0n) is 16.2. The average molecular weight is 356 g/mol. The third-order valence-corrected chi connectivity index (χ3v) is 4.66.